The predicted octanol–water partition coefficient (Wildman–Crippen LogP) is 5.12. The molecule has 1 heterocycles. The average Bonchev–Trinajstić information content (AvgIpc) is 2.91. The maximum absolute atomic E-state index is 12.9. The lowest BCUT2D eigenvalue weighted by Gasteiger charge is -2.23. The van der Waals surface area contributed by atoms with Crippen molar-refractivity contribution in [1.29, 1.82) is 0 Å². The second-order valence-corrected chi connectivity index (χ2v) is 6.29. The molecule has 0 aliphatic carbocycles. The molecule has 1 saturated heterocycles. The number of benzene rings is 2. The van der Waals surface area contributed by atoms with E-state index in [1.54, 1.807) is 0 Å². The molecule has 0 bridgehead atoms. The maximum atomic E-state index is 12.9. The Morgan fingerprint density at radius 1 is 1.09 bits per heavy atom. The van der Waals surface area contributed by atoms with Gasteiger partial charge < -0.3 is 4.90 Å². The Bertz CT molecular complexity index is 657. The minimum atomic E-state index is 0.0433. The van der Waals surface area contributed by atoms with Gasteiger partial charge in [-0.25, -0.2) is 4.79 Å². The number of hydrogen-bond donors (Lipinski definition) is 0. The molecule has 3 rings (SSSR count). The molecule has 0 aromatic heterocycles. The van der Waals surface area contributed by atoms with Crippen LogP contribution in [0.3, 0.4) is 0 Å². The summed E-state index contributed by atoms with van der Waals surface area (Å²) in [5, 5.41) is 0.680. The molecule has 0 N–H and O–H groups in total. The highest BCUT2D eigenvalue weighted by molar-refractivity contribution is 6.30. The van der Waals surface area contributed by atoms with E-state index in [1.807, 2.05) is 52.3 Å². The minimum Gasteiger partial charge on any atom is -0.322 e. The first-order valence-corrected chi connectivity index (χ1v) is 8.47. The molecule has 1 atom stereocenters. The van der Waals surface area contributed by atoms with Crippen LogP contribution in [0.15, 0.2) is 54.6 Å². The predicted molar refractivity (Wildman–Crippen MR) is 95.0 cm³/mol. The Morgan fingerprint density at radius 3 is 2.43 bits per heavy atom. The number of amides is 2. The Labute approximate surface area is 142 Å². The molecular formula is C19H21ClN2O. The maximum Gasteiger partial charge on any atom is 0.325 e. The number of carbonyl (C=O) groups is 1. The first-order chi connectivity index (χ1) is 11.2. The number of rotatable bonds is 5. The van der Waals surface area contributed by atoms with Gasteiger partial charge in [0.15, 0.2) is 0 Å². The molecule has 2 aromatic carbocycles. The largest absolute Gasteiger partial charge is 0.325 e. The third kappa shape index (κ3) is 3.35. The summed E-state index contributed by atoms with van der Waals surface area (Å²) in [5.41, 5.74) is 2.06. The first kappa shape index (κ1) is 15.9. The first-order valence-electron chi connectivity index (χ1n) is 8.09. The number of nitrogens with zero attached hydrogens (tertiary/aromatic N) is 2. The SMILES string of the molecule is CCCCN1C[C@H](c2ccccc2)N(c2ccc(Cl)cc2)C1=O. The van der Waals surface area contributed by atoms with E-state index in [2.05, 4.69) is 19.1 Å². The summed E-state index contributed by atoms with van der Waals surface area (Å²) in [6.07, 6.45) is 2.11. The summed E-state index contributed by atoms with van der Waals surface area (Å²) in [5.74, 6) is 0. The highest BCUT2D eigenvalue weighted by Crippen LogP contribution is 2.35. The van der Waals surface area contributed by atoms with Crippen LogP contribution in [-0.4, -0.2) is 24.0 Å². The molecule has 0 spiro atoms. The van der Waals surface area contributed by atoms with Gasteiger partial charge in [0.25, 0.3) is 0 Å². The van der Waals surface area contributed by atoms with Crippen LogP contribution in [0, 0.1) is 0 Å². The Kier molecular flexibility index (Phi) is 4.87. The van der Waals surface area contributed by atoms with Gasteiger partial charge in [-0.3, -0.25) is 4.90 Å². The molecule has 3 nitrogen and oxygen atoms in total. The van der Waals surface area contributed by atoms with Crippen molar-refractivity contribution in [1.82, 2.24) is 4.90 Å². The van der Waals surface area contributed by atoms with Crippen LogP contribution in [0.2, 0.25) is 5.02 Å². The smallest absolute Gasteiger partial charge is 0.322 e. The van der Waals surface area contributed by atoms with E-state index in [0.717, 1.165) is 37.2 Å². The lowest BCUT2D eigenvalue weighted by molar-refractivity contribution is 0.220. The second kappa shape index (κ2) is 7.05. The van der Waals surface area contributed by atoms with E-state index in [9.17, 15) is 4.79 Å². The van der Waals surface area contributed by atoms with Gasteiger partial charge >= 0.3 is 6.03 Å². The Balaban J connectivity index is 1.94. The summed E-state index contributed by atoms with van der Waals surface area (Å²) in [7, 11) is 0. The van der Waals surface area contributed by atoms with Crippen molar-refractivity contribution < 1.29 is 4.79 Å². The van der Waals surface area contributed by atoms with Gasteiger partial charge in [0, 0.05) is 23.8 Å². The van der Waals surface area contributed by atoms with Gasteiger partial charge in [-0.05, 0) is 36.2 Å². The standard InChI is InChI=1S/C19H21ClN2O/c1-2-3-13-21-14-18(15-7-5-4-6-8-15)22(19(21)23)17-11-9-16(20)10-12-17/h4-12,18H,2-3,13-14H2,1H3/t18-/m1/s1. The van der Waals surface area contributed by atoms with Crippen molar-refractivity contribution in [3.8, 4) is 0 Å². The van der Waals surface area contributed by atoms with E-state index >= 15 is 0 Å². The summed E-state index contributed by atoms with van der Waals surface area (Å²) >= 11 is 5.99. The van der Waals surface area contributed by atoms with Gasteiger partial charge in [-0.1, -0.05) is 55.3 Å². The summed E-state index contributed by atoms with van der Waals surface area (Å²) in [4.78, 5) is 16.7. The molecule has 4 heteroatoms. The van der Waals surface area contributed by atoms with Crippen LogP contribution in [0.25, 0.3) is 0 Å². The zero-order valence-electron chi connectivity index (χ0n) is 13.3. The van der Waals surface area contributed by atoms with Gasteiger partial charge in [-0.2, -0.15) is 0 Å². The third-order valence-corrected chi connectivity index (χ3v) is 4.50. The van der Waals surface area contributed by atoms with Crippen molar-refractivity contribution in [2.75, 3.05) is 18.0 Å². The minimum absolute atomic E-state index is 0.0433. The topological polar surface area (TPSA) is 23.6 Å². The monoisotopic (exact) mass is 328 g/mol. The molecule has 1 fully saturated rings. The van der Waals surface area contributed by atoms with Crippen LogP contribution in [0.4, 0.5) is 10.5 Å². The summed E-state index contributed by atoms with van der Waals surface area (Å²) in [6, 6.07) is 17.8. The van der Waals surface area contributed by atoms with Crippen LogP contribution in [0.1, 0.15) is 31.4 Å². The molecule has 0 unspecified atom stereocenters. The molecular weight excluding hydrogens is 308 g/mol. The fourth-order valence-corrected chi connectivity index (χ4v) is 3.14. The lowest BCUT2D eigenvalue weighted by Crippen LogP contribution is -2.33. The van der Waals surface area contributed by atoms with E-state index in [-0.39, 0.29) is 12.1 Å². The third-order valence-electron chi connectivity index (χ3n) is 4.25. The molecule has 0 radical (unpaired) electrons. The molecule has 1 aliphatic rings. The number of unbranched alkanes of at least 4 members (excludes halogenated alkanes) is 1. The zero-order valence-corrected chi connectivity index (χ0v) is 14.0. The Morgan fingerprint density at radius 2 is 1.78 bits per heavy atom. The molecule has 2 aromatic rings. The quantitative estimate of drug-likeness (QED) is 0.747. The summed E-state index contributed by atoms with van der Waals surface area (Å²) in [6.45, 7) is 3.68. The number of carbonyl (C=O) groups excluding carboxylic acids is 1. The summed E-state index contributed by atoms with van der Waals surface area (Å²) < 4.78 is 0. The van der Waals surface area contributed by atoms with Crippen molar-refractivity contribution in [3.63, 3.8) is 0 Å². The fourth-order valence-electron chi connectivity index (χ4n) is 3.01. The number of hydrogen-bond acceptors (Lipinski definition) is 1. The van der Waals surface area contributed by atoms with Gasteiger partial charge in [0.2, 0.25) is 0 Å². The van der Waals surface area contributed by atoms with Gasteiger partial charge in [0.1, 0.15) is 0 Å². The molecule has 23 heavy (non-hydrogen) atoms. The highest BCUT2D eigenvalue weighted by Gasteiger charge is 2.38. The highest BCUT2D eigenvalue weighted by atomic mass is 35.5. The molecule has 1 aliphatic heterocycles. The van der Waals surface area contributed by atoms with E-state index < -0.39 is 0 Å². The zero-order chi connectivity index (χ0) is 16.2. The van der Waals surface area contributed by atoms with Crippen LogP contribution >= 0.6 is 11.6 Å². The number of urea groups is 1. The molecule has 120 valence electrons. The van der Waals surface area contributed by atoms with E-state index in [1.165, 1.54) is 0 Å². The van der Waals surface area contributed by atoms with Crippen LogP contribution in [0.5, 0.6) is 0 Å². The van der Waals surface area contributed by atoms with E-state index in [4.69, 9.17) is 11.6 Å². The van der Waals surface area contributed by atoms with Crippen molar-refractivity contribution in [2.45, 2.75) is 25.8 Å². The normalized spacial score (nSPS) is 17.8. The second-order valence-electron chi connectivity index (χ2n) is 5.86. The fraction of sp³-hybridized carbons (Fsp3) is 0.316. The van der Waals surface area contributed by atoms with Gasteiger partial charge in [0.05, 0.1) is 6.04 Å². The van der Waals surface area contributed by atoms with Crippen molar-refractivity contribution in [3.05, 3.63) is 65.2 Å². The van der Waals surface area contributed by atoms with Crippen LogP contribution in [-0.2, 0) is 0 Å². The lowest BCUT2D eigenvalue weighted by atomic mass is 10.1. The van der Waals surface area contributed by atoms with Gasteiger partial charge in [-0.15, -0.1) is 0 Å². The van der Waals surface area contributed by atoms with Crippen LogP contribution < -0.4 is 4.90 Å². The number of anilines is 1. The van der Waals surface area contributed by atoms with Crippen molar-refractivity contribution in [2.24, 2.45) is 0 Å². The molecule has 0 saturated carbocycles. The number of halogens is 1. The Hall–Kier alpha value is -2.00. The average molecular weight is 329 g/mol. The van der Waals surface area contributed by atoms with E-state index in [0.29, 0.717) is 5.02 Å². The van der Waals surface area contributed by atoms with Crippen molar-refractivity contribution >= 4 is 23.3 Å². The molecule has 2 amide bonds.